The number of nitrogens with one attached hydrogen (secondary N) is 1. The molecular weight excluding hydrogens is 274 g/mol. The first-order valence-corrected chi connectivity index (χ1v) is 10.4. The van der Waals surface area contributed by atoms with Gasteiger partial charge in [-0.15, -0.1) is 0 Å². The SMILES string of the molecule is COC(=O)[C@@H](/C=C\C[Si](C)(C)C)NC(=O)OC(C)(C)C. The van der Waals surface area contributed by atoms with Crippen LogP contribution in [0.25, 0.3) is 0 Å². The summed E-state index contributed by atoms with van der Waals surface area (Å²) in [5.74, 6) is -0.511. The maximum atomic E-state index is 11.7. The molecule has 1 amide bonds. The van der Waals surface area contributed by atoms with Crippen molar-refractivity contribution in [3.8, 4) is 0 Å². The molecule has 5 nitrogen and oxygen atoms in total. The van der Waals surface area contributed by atoms with Crippen LogP contribution in [0.2, 0.25) is 25.7 Å². The van der Waals surface area contributed by atoms with Crippen LogP contribution in [0, 0.1) is 0 Å². The van der Waals surface area contributed by atoms with Crippen molar-refractivity contribution in [2.24, 2.45) is 0 Å². The molecule has 1 N–H and O–H groups in total. The summed E-state index contributed by atoms with van der Waals surface area (Å²) in [6.07, 6.45) is 2.95. The summed E-state index contributed by atoms with van der Waals surface area (Å²) in [5, 5.41) is 2.50. The molecule has 6 heteroatoms. The minimum absolute atomic E-state index is 0.511. The van der Waals surface area contributed by atoms with E-state index < -0.39 is 31.8 Å². The topological polar surface area (TPSA) is 64.6 Å². The molecule has 0 rings (SSSR count). The number of methoxy groups -OCH3 is 1. The maximum Gasteiger partial charge on any atom is 0.408 e. The van der Waals surface area contributed by atoms with Gasteiger partial charge in [0.15, 0.2) is 0 Å². The smallest absolute Gasteiger partial charge is 0.408 e. The molecule has 0 aliphatic heterocycles. The number of alkyl carbamates (subject to hydrolysis) is 1. The van der Waals surface area contributed by atoms with Crippen LogP contribution in [0.4, 0.5) is 4.79 Å². The second-order valence-corrected chi connectivity index (χ2v) is 12.4. The highest BCUT2D eigenvalue weighted by atomic mass is 28.3. The molecule has 0 saturated heterocycles. The van der Waals surface area contributed by atoms with Gasteiger partial charge in [0.25, 0.3) is 0 Å². The van der Waals surface area contributed by atoms with Gasteiger partial charge in [-0.3, -0.25) is 0 Å². The number of hydrogen-bond acceptors (Lipinski definition) is 4. The van der Waals surface area contributed by atoms with Gasteiger partial charge in [0.1, 0.15) is 11.6 Å². The molecule has 20 heavy (non-hydrogen) atoms. The van der Waals surface area contributed by atoms with Gasteiger partial charge in [0.2, 0.25) is 0 Å². The largest absolute Gasteiger partial charge is 0.467 e. The van der Waals surface area contributed by atoms with E-state index in [1.807, 2.05) is 6.08 Å². The fourth-order valence-corrected chi connectivity index (χ4v) is 2.15. The van der Waals surface area contributed by atoms with Crippen molar-refractivity contribution in [1.82, 2.24) is 5.32 Å². The molecule has 116 valence electrons. The lowest BCUT2D eigenvalue weighted by Crippen LogP contribution is -2.43. The normalized spacial score (nSPS) is 13.9. The van der Waals surface area contributed by atoms with E-state index in [0.29, 0.717) is 0 Å². The summed E-state index contributed by atoms with van der Waals surface area (Å²) < 4.78 is 9.80. The van der Waals surface area contributed by atoms with Crippen molar-refractivity contribution in [3.63, 3.8) is 0 Å². The average Bonchev–Trinajstić information content (AvgIpc) is 2.22. The molecule has 0 aromatic rings. The second kappa shape index (κ2) is 7.47. The predicted molar refractivity (Wildman–Crippen MR) is 82.5 cm³/mol. The highest BCUT2D eigenvalue weighted by molar-refractivity contribution is 6.76. The number of esters is 1. The molecule has 0 bridgehead atoms. The Hall–Kier alpha value is -1.30. The van der Waals surface area contributed by atoms with E-state index in [9.17, 15) is 9.59 Å². The molecular formula is C14H27NO4Si. The standard InChI is InChI=1S/C14H27NO4Si/c1-14(2,3)19-13(17)15-11(12(16)18-4)9-8-10-20(5,6)7/h8-9,11H,10H2,1-7H3,(H,15,17)/b9-8-/t11-/m1/s1. The monoisotopic (exact) mass is 301 g/mol. The number of carbonyl (C=O) groups excluding carboxylic acids is 2. The third kappa shape index (κ3) is 9.60. The predicted octanol–water partition coefficient (Wildman–Crippen LogP) is 2.95. The number of ether oxygens (including phenoxy) is 2. The number of allylic oxidation sites excluding steroid dienone is 1. The van der Waals surface area contributed by atoms with Crippen LogP contribution >= 0.6 is 0 Å². The summed E-state index contributed by atoms with van der Waals surface area (Å²) in [4.78, 5) is 23.3. The summed E-state index contributed by atoms with van der Waals surface area (Å²) in [5.41, 5.74) is -0.604. The summed E-state index contributed by atoms with van der Waals surface area (Å²) in [6.45, 7) is 12.0. The fourth-order valence-electron chi connectivity index (χ4n) is 1.30. The second-order valence-electron chi connectivity index (χ2n) is 6.84. The van der Waals surface area contributed by atoms with Crippen molar-refractivity contribution in [1.29, 1.82) is 0 Å². The lowest BCUT2D eigenvalue weighted by atomic mass is 10.2. The first kappa shape index (κ1) is 18.7. The highest BCUT2D eigenvalue weighted by Crippen LogP contribution is 2.10. The maximum absolute atomic E-state index is 11.7. The Morgan fingerprint density at radius 1 is 1.25 bits per heavy atom. The molecule has 0 saturated carbocycles. The summed E-state index contributed by atoms with van der Waals surface area (Å²) in [7, 11) is 0.0601. The number of rotatable bonds is 5. The zero-order chi connectivity index (χ0) is 16.0. The van der Waals surface area contributed by atoms with Crippen molar-refractivity contribution in [2.75, 3.05) is 7.11 Å². The summed E-state index contributed by atoms with van der Waals surface area (Å²) in [6, 6.07) is 0.113. The van der Waals surface area contributed by atoms with Crippen LogP contribution in [-0.2, 0) is 14.3 Å². The molecule has 0 aromatic heterocycles. The van der Waals surface area contributed by atoms with E-state index in [2.05, 4.69) is 29.7 Å². The Morgan fingerprint density at radius 2 is 1.80 bits per heavy atom. The molecule has 0 aromatic carbocycles. The van der Waals surface area contributed by atoms with Crippen LogP contribution in [0.3, 0.4) is 0 Å². The van der Waals surface area contributed by atoms with Gasteiger partial charge < -0.3 is 14.8 Å². The van der Waals surface area contributed by atoms with E-state index in [4.69, 9.17) is 4.74 Å². The van der Waals surface area contributed by atoms with Gasteiger partial charge in [-0.25, -0.2) is 9.59 Å². The van der Waals surface area contributed by atoms with Crippen molar-refractivity contribution >= 4 is 20.1 Å². The van der Waals surface area contributed by atoms with Crippen molar-refractivity contribution in [3.05, 3.63) is 12.2 Å². The zero-order valence-electron chi connectivity index (χ0n) is 13.6. The van der Waals surface area contributed by atoms with E-state index in [1.54, 1.807) is 26.8 Å². The molecule has 0 aliphatic rings. The van der Waals surface area contributed by atoms with E-state index in [-0.39, 0.29) is 0 Å². The number of hydrogen-bond donors (Lipinski definition) is 1. The van der Waals surface area contributed by atoms with Crippen molar-refractivity contribution in [2.45, 2.75) is 58.1 Å². The van der Waals surface area contributed by atoms with Gasteiger partial charge in [-0.2, -0.15) is 0 Å². The molecule has 0 unspecified atom stereocenters. The van der Waals surface area contributed by atoms with E-state index >= 15 is 0 Å². The molecule has 0 heterocycles. The first-order valence-electron chi connectivity index (χ1n) is 6.68. The zero-order valence-corrected chi connectivity index (χ0v) is 14.6. The number of carbonyl (C=O) groups is 2. The minimum Gasteiger partial charge on any atom is -0.467 e. The molecule has 0 radical (unpaired) electrons. The van der Waals surface area contributed by atoms with Gasteiger partial charge in [-0.05, 0) is 26.8 Å². The van der Waals surface area contributed by atoms with Crippen LogP contribution in [0.5, 0.6) is 0 Å². The van der Waals surface area contributed by atoms with Gasteiger partial charge in [0, 0.05) is 8.07 Å². The van der Waals surface area contributed by atoms with Crippen LogP contribution in [-0.4, -0.2) is 38.9 Å². The van der Waals surface area contributed by atoms with Crippen LogP contribution < -0.4 is 5.32 Å². The summed E-state index contributed by atoms with van der Waals surface area (Å²) >= 11 is 0. The molecule has 0 aliphatic carbocycles. The van der Waals surface area contributed by atoms with Crippen molar-refractivity contribution < 1.29 is 19.1 Å². The lowest BCUT2D eigenvalue weighted by molar-refractivity contribution is -0.141. The Balaban J connectivity index is 4.66. The van der Waals surface area contributed by atoms with E-state index in [1.165, 1.54) is 7.11 Å². The quantitative estimate of drug-likeness (QED) is 0.482. The Labute approximate surface area is 122 Å². The van der Waals surface area contributed by atoms with Gasteiger partial charge >= 0.3 is 12.1 Å². The number of amides is 1. The Bertz CT molecular complexity index is 366. The molecule has 1 atom stereocenters. The van der Waals surface area contributed by atoms with Crippen LogP contribution in [0.1, 0.15) is 20.8 Å². The minimum atomic E-state index is -1.23. The Kier molecular flexibility index (Phi) is 6.98. The highest BCUT2D eigenvalue weighted by Gasteiger charge is 2.23. The van der Waals surface area contributed by atoms with Gasteiger partial charge in [0.05, 0.1) is 7.11 Å². The van der Waals surface area contributed by atoms with E-state index in [0.717, 1.165) is 6.04 Å². The Morgan fingerprint density at radius 3 is 2.20 bits per heavy atom. The molecule has 0 spiro atoms. The average molecular weight is 301 g/mol. The van der Waals surface area contributed by atoms with Crippen LogP contribution in [0.15, 0.2) is 12.2 Å². The molecule has 0 fully saturated rings. The lowest BCUT2D eigenvalue weighted by Gasteiger charge is -2.21. The third-order valence-corrected chi connectivity index (χ3v) is 3.65. The van der Waals surface area contributed by atoms with Gasteiger partial charge in [-0.1, -0.05) is 31.8 Å². The third-order valence-electron chi connectivity index (χ3n) is 2.19. The fraction of sp³-hybridized carbons (Fsp3) is 0.714. The first-order chi connectivity index (χ1) is 8.94.